The Morgan fingerprint density at radius 3 is 2.64 bits per heavy atom. The molecule has 1 aromatic heterocycles. The maximum Gasteiger partial charge on any atom is 0.320 e. The molecule has 194 valence electrons. The van der Waals surface area contributed by atoms with Gasteiger partial charge in [-0.2, -0.15) is 5.10 Å². The van der Waals surface area contributed by atoms with Crippen LogP contribution in [0.3, 0.4) is 0 Å². The summed E-state index contributed by atoms with van der Waals surface area (Å²) in [5.41, 5.74) is 13.0. The number of primary amides is 1. The molecule has 1 amide bonds. The van der Waals surface area contributed by atoms with Crippen molar-refractivity contribution in [1.82, 2.24) is 9.78 Å². The molecule has 1 fully saturated rings. The maximum atomic E-state index is 15.4. The van der Waals surface area contributed by atoms with Crippen LogP contribution in [0.25, 0.3) is 5.69 Å². The van der Waals surface area contributed by atoms with Crippen LogP contribution in [-0.2, 0) is 22.4 Å². The smallest absolute Gasteiger partial charge is 0.320 e. The second kappa shape index (κ2) is 10.0. The van der Waals surface area contributed by atoms with Crippen molar-refractivity contribution in [3.8, 4) is 5.69 Å². The van der Waals surface area contributed by atoms with E-state index in [1.54, 1.807) is 10.7 Å². The summed E-state index contributed by atoms with van der Waals surface area (Å²) >= 11 is 0. The van der Waals surface area contributed by atoms with Crippen LogP contribution >= 0.6 is 0 Å². The zero-order valence-electron chi connectivity index (χ0n) is 21.0. The molecule has 2 atom stereocenters. The average molecular weight is 500 g/mol. The van der Waals surface area contributed by atoms with Crippen molar-refractivity contribution in [3.63, 3.8) is 0 Å². The van der Waals surface area contributed by atoms with Crippen LogP contribution in [0.1, 0.15) is 85.0 Å². The van der Waals surface area contributed by atoms with Gasteiger partial charge < -0.3 is 21.5 Å². The van der Waals surface area contributed by atoms with Crippen molar-refractivity contribution in [3.05, 3.63) is 40.5 Å². The lowest BCUT2D eigenvalue weighted by molar-refractivity contribution is -0.149. The Bertz CT molecular complexity index is 1210. The molecule has 0 bridgehead atoms. The van der Waals surface area contributed by atoms with Crippen LogP contribution in [0.2, 0.25) is 0 Å². The van der Waals surface area contributed by atoms with E-state index in [2.05, 4.69) is 10.4 Å². The number of fused-ring (bicyclic) bond motifs is 1. The Morgan fingerprint density at radius 2 is 1.97 bits per heavy atom. The Balaban J connectivity index is 1.79. The van der Waals surface area contributed by atoms with Gasteiger partial charge in [0.2, 0.25) is 0 Å². The fourth-order valence-corrected chi connectivity index (χ4v) is 5.39. The zero-order valence-corrected chi connectivity index (χ0v) is 21.0. The lowest BCUT2D eigenvalue weighted by Crippen LogP contribution is -2.41. The number of hydrogen-bond acceptors (Lipinski definition) is 7. The van der Waals surface area contributed by atoms with Crippen LogP contribution in [0.5, 0.6) is 0 Å². The van der Waals surface area contributed by atoms with Crippen molar-refractivity contribution in [2.75, 3.05) is 11.9 Å². The molecule has 0 radical (unpaired) electrons. The Hall–Kier alpha value is -3.27. The summed E-state index contributed by atoms with van der Waals surface area (Å²) in [6.45, 7) is 5.73. The molecule has 0 saturated heterocycles. The standard InChI is InChI=1S/C26H34FN5O4/c1-4-16-24-19(11-26(2,3)12-20(24)33)32(31-16)14-9-15(27)23(25(29)35)18(10-14)30-17-7-5-6-8-21(17)36-22(34)13-28/h9-10,17,21,30H,4-8,11-13,28H2,1-3H3,(H2,29,35)/t17-,21-/m0/s1. The molecule has 10 heteroatoms. The number of benzene rings is 1. The van der Waals surface area contributed by atoms with Crippen LogP contribution in [0, 0.1) is 11.2 Å². The maximum absolute atomic E-state index is 15.4. The lowest BCUT2D eigenvalue weighted by Gasteiger charge is -2.33. The number of nitrogens with two attached hydrogens (primary N) is 2. The van der Waals surface area contributed by atoms with Crippen LogP contribution in [-0.4, -0.2) is 46.1 Å². The minimum Gasteiger partial charge on any atom is -0.459 e. The number of amides is 1. The molecular formula is C26H34FN5O4. The van der Waals surface area contributed by atoms with Gasteiger partial charge in [0.25, 0.3) is 5.91 Å². The number of aromatic nitrogens is 2. The van der Waals surface area contributed by atoms with Crippen molar-refractivity contribution in [2.45, 2.75) is 77.9 Å². The van der Waals surface area contributed by atoms with Gasteiger partial charge in [-0.25, -0.2) is 9.07 Å². The van der Waals surface area contributed by atoms with E-state index in [9.17, 15) is 14.4 Å². The summed E-state index contributed by atoms with van der Waals surface area (Å²) in [4.78, 5) is 37.0. The molecule has 2 aliphatic carbocycles. The normalized spacial score (nSPS) is 21.1. The van der Waals surface area contributed by atoms with Crippen LogP contribution < -0.4 is 16.8 Å². The number of anilines is 1. The highest BCUT2D eigenvalue weighted by molar-refractivity contribution is 6.00. The van der Waals surface area contributed by atoms with Crippen LogP contribution in [0.15, 0.2) is 12.1 Å². The molecule has 4 rings (SSSR count). The number of carbonyl (C=O) groups excluding carboxylic acids is 3. The van der Waals surface area contributed by atoms with E-state index >= 15 is 4.39 Å². The molecule has 0 unspecified atom stereocenters. The fraction of sp³-hybridized carbons (Fsp3) is 0.538. The molecule has 0 aliphatic heterocycles. The van der Waals surface area contributed by atoms with Gasteiger partial charge in [-0.3, -0.25) is 14.4 Å². The number of ether oxygens (including phenoxy) is 1. The largest absolute Gasteiger partial charge is 0.459 e. The number of hydrogen-bond donors (Lipinski definition) is 3. The van der Waals surface area contributed by atoms with E-state index < -0.39 is 23.8 Å². The third kappa shape index (κ3) is 5.00. The Labute approximate surface area is 209 Å². The summed E-state index contributed by atoms with van der Waals surface area (Å²) < 4.78 is 22.5. The number of rotatable bonds is 7. The highest BCUT2D eigenvalue weighted by atomic mass is 19.1. The van der Waals surface area contributed by atoms with Gasteiger partial charge in [-0.1, -0.05) is 27.2 Å². The van der Waals surface area contributed by atoms with Gasteiger partial charge in [0, 0.05) is 12.5 Å². The summed E-state index contributed by atoms with van der Waals surface area (Å²) in [6.07, 6.45) is 4.16. The summed E-state index contributed by atoms with van der Waals surface area (Å²) in [6, 6.07) is 2.50. The first-order valence-corrected chi connectivity index (χ1v) is 12.5. The van der Waals surface area contributed by atoms with Crippen molar-refractivity contribution in [1.29, 1.82) is 0 Å². The van der Waals surface area contributed by atoms with Crippen molar-refractivity contribution >= 4 is 23.3 Å². The van der Waals surface area contributed by atoms with Gasteiger partial charge in [-0.15, -0.1) is 0 Å². The number of nitrogens with zero attached hydrogens (tertiary/aromatic N) is 2. The zero-order chi connectivity index (χ0) is 26.2. The Morgan fingerprint density at radius 1 is 1.25 bits per heavy atom. The molecule has 5 N–H and O–H groups in total. The first-order valence-electron chi connectivity index (χ1n) is 12.5. The number of halogens is 1. The quantitative estimate of drug-likeness (QED) is 0.497. The topological polar surface area (TPSA) is 142 Å². The molecule has 36 heavy (non-hydrogen) atoms. The predicted molar refractivity (Wildman–Crippen MR) is 133 cm³/mol. The second-order valence-electron chi connectivity index (χ2n) is 10.5. The lowest BCUT2D eigenvalue weighted by atomic mass is 9.75. The number of nitrogens with one attached hydrogen (secondary N) is 1. The molecule has 0 spiro atoms. The number of aryl methyl sites for hydroxylation is 1. The number of ketones is 1. The molecule has 9 nitrogen and oxygen atoms in total. The van der Waals surface area contributed by atoms with Gasteiger partial charge in [0.05, 0.1) is 46.5 Å². The van der Waals surface area contributed by atoms with E-state index in [4.69, 9.17) is 16.2 Å². The van der Waals surface area contributed by atoms with Gasteiger partial charge >= 0.3 is 5.97 Å². The minimum absolute atomic E-state index is 0.0312. The predicted octanol–water partition coefficient (Wildman–Crippen LogP) is 3.05. The summed E-state index contributed by atoms with van der Waals surface area (Å²) in [5, 5.41) is 7.89. The number of Topliss-reactive ketones (excluding diaryl/α,β-unsaturated/α-hetero) is 1. The molecule has 1 aromatic carbocycles. The Kier molecular flexibility index (Phi) is 7.17. The molecule has 1 saturated carbocycles. The molecule has 2 aliphatic rings. The number of carbonyl (C=O) groups is 3. The van der Waals surface area contributed by atoms with E-state index in [0.717, 1.165) is 18.5 Å². The fourth-order valence-electron chi connectivity index (χ4n) is 5.39. The summed E-state index contributed by atoms with van der Waals surface area (Å²) in [5.74, 6) is -2.20. The van der Waals surface area contributed by atoms with E-state index in [0.29, 0.717) is 49.0 Å². The molecule has 2 aromatic rings. The van der Waals surface area contributed by atoms with Crippen molar-refractivity contribution < 1.29 is 23.5 Å². The molecular weight excluding hydrogens is 465 g/mol. The van der Waals surface area contributed by atoms with Gasteiger partial charge in [-0.05, 0) is 43.6 Å². The number of esters is 1. The van der Waals surface area contributed by atoms with Crippen molar-refractivity contribution in [2.24, 2.45) is 16.9 Å². The first kappa shape index (κ1) is 25.8. The first-order chi connectivity index (χ1) is 17.0. The van der Waals surface area contributed by atoms with E-state index in [1.165, 1.54) is 6.07 Å². The van der Waals surface area contributed by atoms with E-state index in [-0.39, 0.29) is 35.0 Å². The minimum atomic E-state index is -0.916. The summed E-state index contributed by atoms with van der Waals surface area (Å²) in [7, 11) is 0. The monoisotopic (exact) mass is 499 g/mol. The van der Waals surface area contributed by atoms with Gasteiger partial charge in [0.15, 0.2) is 5.78 Å². The third-order valence-electron chi connectivity index (χ3n) is 7.01. The average Bonchev–Trinajstić information content (AvgIpc) is 3.17. The highest BCUT2D eigenvalue weighted by Gasteiger charge is 2.37. The van der Waals surface area contributed by atoms with Crippen LogP contribution in [0.4, 0.5) is 10.1 Å². The molecule has 1 heterocycles. The second-order valence-corrected chi connectivity index (χ2v) is 10.5. The third-order valence-corrected chi connectivity index (χ3v) is 7.01. The van der Waals surface area contributed by atoms with Gasteiger partial charge in [0.1, 0.15) is 11.9 Å². The van der Waals surface area contributed by atoms with E-state index in [1.807, 2.05) is 20.8 Å². The SMILES string of the molecule is CCc1nn(-c2cc(F)c(C(N)=O)c(N[C@H]3CCCC[C@@H]3OC(=O)CN)c2)c2c1C(=O)CC(C)(C)C2. The highest BCUT2D eigenvalue weighted by Crippen LogP contribution is 2.38.